The highest BCUT2D eigenvalue weighted by atomic mass is 35.5. The molecule has 140 valence electrons. The molecule has 0 aliphatic heterocycles. The van der Waals surface area contributed by atoms with Crippen molar-refractivity contribution in [2.75, 3.05) is 13.1 Å². The van der Waals surface area contributed by atoms with Gasteiger partial charge in [-0.1, -0.05) is 6.07 Å². The summed E-state index contributed by atoms with van der Waals surface area (Å²) in [6.45, 7) is 0.133. The average molecular weight is 393 g/mol. The van der Waals surface area contributed by atoms with Crippen LogP contribution in [-0.4, -0.2) is 38.4 Å². The second kappa shape index (κ2) is 9.09. The summed E-state index contributed by atoms with van der Waals surface area (Å²) in [7, 11) is -3.87. The van der Waals surface area contributed by atoms with Gasteiger partial charge >= 0.3 is 0 Å². The lowest BCUT2D eigenvalue weighted by Crippen LogP contribution is -2.37. The molecule has 1 aromatic rings. The minimum atomic E-state index is -3.87. The van der Waals surface area contributed by atoms with Crippen molar-refractivity contribution in [2.45, 2.75) is 30.2 Å². The summed E-state index contributed by atoms with van der Waals surface area (Å²) in [5.74, 6) is -0.245. The van der Waals surface area contributed by atoms with Crippen LogP contribution in [0.5, 0.6) is 0 Å². The summed E-state index contributed by atoms with van der Waals surface area (Å²) >= 11 is 0. The summed E-state index contributed by atoms with van der Waals surface area (Å²) in [5.41, 5.74) is 5.45. The number of rotatable bonds is 7. The first-order chi connectivity index (χ1) is 11.3. The molecule has 9 nitrogen and oxygen atoms in total. The number of nitro benzene ring substituents is 1. The molecule has 2 rings (SSSR count). The van der Waals surface area contributed by atoms with Crippen LogP contribution in [0.1, 0.15) is 19.3 Å². The van der Waals surface area contributed by atoms with Crippen LogP contribution in [0.25, 0.3) is 0 Å². The van der Waals surface area contributed by atoms with E-state index in [1.165, 1.54) is 18.2 Å². The molecule has 0 spiro atoms. The molecule has 0 radical (unpaired) electrons. The van der Waals surface area contributed by atoms with Gasteiger partial charge in [0.1, 0.15) is 0 Å². The number of carbonyl (C=O) groups excluding carboxylic acids is 1. The summed E-state index contributed by atoms with van der Waals surface area (Å²) < 4.78 is 26.5. The molecule has 4 N–H and O–H groups in total. The quantitative estimate of drug-likeness (QED) is 0.351. The molecule has 1 aromatic carbocycles. The number of carbonyl (C=O) groups is 1. The first-order valence-electron chi connectivity index (χ1n) is 7.57. The van der Waals surface area contributed by atoms with Crippen molar-refractivity contribution < 1.29 is 18.1 Å². The van der Waals surface area contributed by atoms with E-state index in [0.717, 1.165) is 18.9 Å². The first kappa shape index (κ1) is 21.3. The summed E-state index contributed by atoms with van der Waals surface area (Å²) in [5, 5.41) is 13.4. The van der Waals surface area contributed by atoms with E-state index in [9.17, 15) is 23.3 Å². The molecule has 0 heterocycles. The van der Waals surface area contributed by atoms with E-state index in [-0.39, 0.29) is 53.9 Å². The highest BCUT2D eigenvalue weighted by Crippen LogP contribution is 2.23. The third-order valence-electron chi connectivity index (χ3n) is 3.90. The third kappa shape index (κ3) is 5.92. The van der Waals surface area contributed by atoms with Crippen LogP contribution in [0.2, 0.25) is 0 Å². The van der Waals surface area contributed by atoms with Gasteiger partial charge in [-0.15, -0.1) is 12.4 Å². The average Bonchev–Trinajstić information content (AvgIpc) is 2.98. The molecular weight excluding hydrogens is 372 g/mol. The van der Waals surface area contributed by atoms with Crippen molar-refractivity contribution in [3.63, 3.8) is 0 Å². The molecule has 1 fully saturated rings. The van der Waals surface area contributed by atoms with Crippen LogP contribution < -0.4 is 15.8 Å². The Hall–Kier alpha value is -1.75. The Kier molecular flexibility index (Phi) is 7.74. The Morgan fingerprint density at radius 3 is 2.64 bits per heavy atom. The minimum absolute atomic E-state index is 0. The Bertz CT molecular complexity index is 728. The fraction of sp³-hybridized carbons (Fsp3) is 0.500. The normalized spacial score (nSPS) is 19.9. The largest absolute Gasteiger partial charge is 0.355 e. The van der Waals surface area contributed by atoms with Crippen LogP contribution in [0.15, 0.2) is 29.2 Å². The molecule has 0 bridgehead atoms. The van der Waals surface area contributed by atoms with Crippen LogP contribution in [0.4, 0.5) is 5.69 Å². The lowest BCUT2D eigenvalue weighted by Gasteiger charge is -2.11. The van der Waals surface area contributed by atoms with E-state index in [1.807, 2.05) is 0 Å². The number of nitrogens with two attached hydrogens (primary N) is 1. The van der Waals surface area contributed by atoms with Crippen molar-refractivity contribution in [1.29, 1.82) is 0 Å². The number of halogens is 1. The van der Waals surface area contributed by atoms with E-state index >= 15 is 0 Å². The standard InChI is InChI=1S/C14H20N4O5S.ClH/c15-11-5-4-10(8-11)14(19)16-6-7-17-24(22,23)13-3-1-2-12(9-13)18(20)21;/h1-3,9-11,17H,4-8,15H2,(H,16,19);1H. The molecule has 1 aliphatic carbocycles. The molecule has 25 heavy (non-hydrogen) atoms. The Balaban J connectivity index is 0.00000312. The highest BCUT2D eigenvalue weighted by molar-refractivity contribution is 7.89. The second-order valence-corrected chi connectivity index (χ2v) is 7.48. The molecule has 1 saturated carbocycles. The topological polar surface area (TPSA) is 144 Å². The molecule has 0 saturated heterocycles. The summed E-state index contributed by atoms with van der Waals surface area (Å²) in [4.78, 5) is 21.7. The molecule has 1 aliphatic rings. The number of nitrogens with zero attached hydrogens (tertiary/aromatic N) is 1. The van der Waals surface area contributed by atoms with Crippen LogP contribution >= 0.6 is 12.4 Å². The zero-order chi connectivity index (χ0) is 17.7. The number of benzene rings is 1. The number of hydrogen-bond acceptors (Lipinski definition) is 6. The van der Waals surface area contributed by atoms with Gasteiger partial charge in [-0.2, -0.15) is 0 Å². The number of nitro groups is 1. The maximum absolute atomic E-state index is 12.1. The van der Waals surface area contributed by atoms with E-state index in [4.69, 9.17) is 5.73 Å². The number of amides is 1. The Morgan fingerprint density at radius 1 is 1.32 bits per heavy atom. The van der Waals surface area contributed by atoms with Crippen molar-refractivity contribution in [3.05, 3.63) is 34.4 Å². The zero-order valence-electron chi connectivity index (χ0n) is 13.4. The Morgan fingerprint density at radius 2 is 2.04 bits per heavy atom. The number of hydrogen-bond donors (Lipinski definition) is 3. The van der Waals surface area contributed by atoms with Gasteiger partial charge in [-0.25, -0.2) is 13.1 Å². The van der Waals surface area contributed by atoms with Crippen molar-refractivity contribution in [3.8, 4) is 0 Å². The minimum Gasteiger partial charge on any atom is -0.355 e. The monoisotopic (exact) mass is 392 g/mol. The number of non-ortho nitro benzene ring substituents is 1. The predicted octanol–water partition coefficient (Wildman–Crippen LogP) is 0.539. The van der Waals surface area contributed by atoms with E-state index in [0.29, 0.717) is 6.42 Å². The zero-order valence-corrected chi connectivity index (χ0v) is 15.0. The summed E-state index contributed by atoms with van der Waals surface area (Å²) in [6, 6.07) is 4.82. The molecule has 2 unspecified atom stereocenters. The summed E-state index contributed by atoms with van der Waals surface area (Å²) in [6.07, 6.45) is 2.20. The van der Waals surface area contributed by atoms with E-state index in [2.05, 4.69) is 10.0 Å². The van der Waals surface area contributed by atoms with Gasteiger partial charge in [0, 0.05) is 37.2 Å². The van der Waals surface area contributed by atoms with Gasteiger partial charge in [0.2, 0.25) is 15.9 Å². The van der Waals surface area contributed by atoms with Crippen LogP contribution in [0, 0.1) is 16.0 Å². The van der Waals surface area contributed by atoms with Crippen molar-refractivity contribution in [2.24, 2.45) is 11.7 Å². The fourth-order valence-electron chi connectivity index (χ4n) is 2.62. The van der Waals surface area contributed by atoms with Gasteiger partial charge in [0.15, 0.2) is 0 Å². The molecule has 2 atom stereocenters. The lowest BCUT2D eigenvalue weighted by atomic mass is 10.1. The predicted molar refractivity (Wildman–Crippen MR) is 93.9 cm³/mol. The fourth-order valence-corrected chi connectivity index (χ4v) is 3.69. The maximum atomic E-state index is 12.1. The smallest absolute Gasteiger partial charge is 0.270 e. The van der Waals surface area contributed by atoms with E-state index in [1.54, 1.807) is 0 Å². The first-order valence-corrected chi connectivity index (χ1v) is 9.05. The Labute approximate surface area is 152 Å². The van der Waals surface area contributed by atoms with Gasteiger partial charge < -0.3 is 11.1 Å². The van der Waals surface area contributed by atoms with E-state index < -0.39 is 14.9 Å². The molecule has 0 aromatic heterocycles. The highest BCUT2D eigenvalue weighted by Gasteiger charge is 2.27. The number of sulfonamides is 1. The molecular formula is C14H21ClN4O5S. The van der Waals surface area contributed by atoms with Gasteiger partial charge in [-0.3, -0.25) is 14.9 Å². The van der Waals surface area contributed by atoms with Crippen molar-refractivity contribution >= 4 is 34.0 Å². The van der Waals surface area contributed by atoms with Crippen LogP contribution in [0.3, 0.4) is 0 Å². The van der Waals surface area contributed by atoms with Crippen molar-refractivity contribution in [1.82, 2.24) is 10.0 Å². The van der Waals surface area contributed by atoms with Gasteiger partial charge in [0.05, 0.1) is 9.82 Å². The second-order valence-electron chi connectivity index (χ2n) is 5.71. The number of nitrogens with one attached hydrogen (secondary N) is 2. The maximum Gasteiger partial charge on any atom is 0.270 e. The lowest BCUT2D eigenvalue weighted by molar-refractivity contribution is -0.385. The molecule has 11 heteroatoms. The van der Waals surface area contributed by atoms with Gasteiger partial charge in [-0.05, 0) is 25.3 Å². The molecule has 1 amide bonds. The SMILES string of the molecule is Cl.NC1CCC(C(=O)NCCNS(=O)(=O)c2cccc([N+](=O)[O-])c2)C1. The van der Waals surface area contributed by atoms with Crippen LogP contribution in [-0.2, 0) is 14.8 Å². The third-order valence-corrected chi connectivity index (χ3v) is 5.36. The van der Waals surface area contributed by atoms with Gasteiger partial charge in [0.25, 0.3) is 5.69 Å².